The minimum atomic E-state index is -0.900. The molecule has 0 saturated carbocycles. The number of anilines is 1. The van der Waals surface area contributed by atoms with Crippen LogP contribution in [0.2, 0.25) is 0 Å². The molecule has 1 heterocycles. The minimum absolute atomic E-state index is 0.326. The molecule has 0 atom stereocenters. The van der Waals surface area contributed by atoms with Gasteiger partial charge in [0.2, 0.25) is 0 Å². The highest BCUT2D eigenvalue weighted by Crippen LogP contribution is 2.25. The molecule has 0 radical (unpaired) electrons. The van der Waals surface area contributed by atoms with E-state index in [1.807, 2.05) is 30.5 Å². The first-order valence-electron chi connectivity index (χ1n) is 7.98. The Morgan fingerprint density at radius 1 is 1.25 bits per heavy atom. The summed E-state index contributed by atoms with van der Waals surface area (Å²) in [6.07, 6.45) is 2.85. The molecule has 0 fully saturated rings. The molecule has 124 valence electrons. The third kappa shape index (κ3) is 3.57. The summed E-state index contributed by atoms with van der Waals surface area (Å²) in [6.45, 7) is 2.74. The van der Waals surface area contributed by atoms with E-state index < -0.39 is 5.97 Å². The van der Waals surface area contributed by atoms with Gasteiger partial charge in [-0.2, -0.15) is 0 Å². The molecule has 0 bridgehead atoms. The number of para-hydroxylation sites is 1. The van der Waals surface area contributed by atoms with Crippen molar-refractivity contribution in [2.45, 2.75) is 18.2 Å². The number of carboxylic acid groups (broad SMARTS) is 1. The van der Waals surface area contributed by atoms with Gasteiger partial charge in [-0.3, -0.25) is 0 Å². The van der Waals surface area contributed by atoms with Crippen LogP contribution in [0.25, 0.3) is 10.9 Å². The zero-order valence-electron chi connectivity index (χ0n) is 13.5. The lowest BCUT2D eigenvalue weighted by Gasteiger charge is -2.11. The lowest BCUT2D eigenvalue weighted by molar-refractivity contribution is 0.0697. The molecule has 0 unspecified atom stereocenters. The van der Waals surface area contributed by atoms with Gasteiger partial charge in [-0.25, -0.2) is 4.79 Å². The van der Waals surface area contributed by atoms with E-state index in [4.69, 9.17) is 0 Å². The number of rotatable bonds is 7. The quantitative estimate of drug-likeness (QED) is 0.549. The molecule has 3 rings (SSSR count). The Balaban J connectivity index is 1.71. The van der Waals surface area contributed by atoms with Crippen molar-refractivity contribution < 1.29 is 9.90 Å². The Labute approximate surface area is 145 Å². The van der Waals surface area contributed by atoms with Crippen molar-refractivity contribution in [3.63, 3.8) is 0 Å². The van der Waals surface area contributed by atoms with Crippen molar-refractivity contribution in [1.29, 1.82) is 0 Å². The van der Waals surface area contributed by atoms with Gasteiger partial charge in [-0.15, -0.1) is 11.8 Å². The molecule has 0 spiro atoms. The number of fused-ring (bicyclic) bond motifs is 1. The van der Waals surface area contributed by atoms with E-state index in [0.29, 0.717) is 17.8 Å². The highest BCUT2D eigenvalue weighted by atomic mass is 32.2. The second kappa shape index (κ2) is 7.45. The number of benzene rings is 2. The maximum atomic E-state index is 11.5. The van der Waals surface area contributed by atoms with Crippen LogP contribution < -0.4 is 5.32 Å². The third-order valence-electron chi connectivity index (χ3n) is 3.92. The molecular weight excluding hydrogens is 320 g/mol. The minimum Gasteiger partial charge on any atom is -0.478 e. The summed E-state index contributed by atoms with van der Waals surface area (Å²) < 4.78 is 0. The predicted octanol–water partition coefficient (Wildman–Crippen LogP) is 4.63. The number of nitrogens with one attached hydrogen (secondary N) is 2. The Hall–Kier alpha value is -2.40. The van der Waals surface area contributed by atoms with E-state index in [-0.39, 0.29) is 0 Å². The van der Waals surface area contributed by atoms with E-state index in [0.717, 1.165) is 22.6 Å². The van der Waals surface area contributed by atoms with Gasteiger partial charge in [0, 0.05) is 34.2 Å². The molecule has 4 nitrogen and oxygen atoms in total. The molecule has 1 aromatic heterocycles. The maximum absolute atomic E-state index is 11.5. The van der Waals surface area contributed by atoms with Crippen molar-refractivity contribution in [3.8, 4) is 0 Å². The molecule has 0 aliphatic heterocycles. The number of carboxylic acids is 1. The van der Waals surface area contributed by atoms with Crippen molar-refractivity contribution in [2.75, 3.05) is 17.6 Å². The van der Waals surface area contributed by atoms with Gasteiger partial charge in [0.05, 0.1) is 5.56 Å². The van der Waals surface area contributed by atoms with Crippen molar-refractivity contribution in [3.05, 3.63) is 59.8 Å². The van der Waals surface area contributed by atoms with E-state index in [1.54, 1.807) is 17.8 Å². The van der Waals surface area contributed by atoms with Gasteiger partial charge in [0.25, 0.3) is 0 Å². The summed E-state index contributed by atoms with van der Waals surface area (Å²) >= 11 is 1.64. The molecule has 5 heteroatoms. The molecular formula is C19H20N2O2S. The number of carbonyl (C=O) groups is 1. The van der Waals surface area contributed by atoms with E-state index >= 15 is 0 Å². The maximum Gasteiger partial charge on any atom is 0.337 e. The van der Waals surface area contributed by atoms with E-state index in [2.05, 4.69) is 29.4 Å². The first kappa shape index (κ1) is 16.5. The Kier molecular flexibility index (Phi) is 5.11. The normalized spacial score (nSPS) is 10.9. The average molecular weight is 340 g/mol. The Bertz CT molecular complexity index is 857. The van der Waals surface area contributed by atoms with Gasteiger partial charge in [0.15, 0.2) is 0 Å². The fraction of sp³-hybridized carbons (Fsp3) is 0.211. The molecule has 3 N–H and O–H groups in total. The van der Waals surface area contributed by atoms with Gasteiger partial charge in [0.1, 0.15) is 0 Å². The Morgan fingerprint density at radius 2 is 2.08 bits per heavy atom. The van der Waals surface area contributed by atoms with Crippen LogP contribution in [-0.4, -0.2) is 28.4 Å². The predicted molar refractivity (Wildman–Crippen MR) is 100 cm³/mol. The molecule has 0 aliphatic rings. The van der Waals surface area contributed by atoms with Crippen LogP contribution in [0, 0.1) is 0 Å². The number of aromatic carboxylic acids is 1. The summed E-state index contributed by atoms with van der Waals surface area (Å²) in [5.74, 6) is 0.0232. The Morgan fingerprint density at radius 3 is 2.88 bits per heavy atom. The highest BCUT2D eigenvalue weighted by molar-refractivity contribution is 7.99. The van der Waals surface area contributed by atoms with Gasteiger partial charge >= 0.3 is 5.97 Å². The second-order valence-electron chi connectivity index (χ2n) is 5.48. The smallest absolute Gasteiger partial charge is 0.337 e. The van der Waals surface area contributed by atoms with E-state index in [9.17, 15) is 9.90 Å². The zero-order chi connectivity index (χ0) is 16.9. The lowest BCUT2D eigenvalue weighted by Crippen LogP contribution is -2.09. The van der Waals surface area contributed by atoms with Gasteiger partial charge in [-0.05, 0) is 42.0 Å². The number of hydrogen-bond donors (Lipinski definition) is 3. The van der Waals surface area contributed by atoms with E-state index in [1.165, 1.54) is 10.9 Å². The van der Waals surface area contributed by atoms with Gasteiger partial charge in [-0.1, -0.05) is 25.1 Å². The standard InChI is InChI=1S/C19H20N2O2S/c1-2-24-14-7-8-18(16(11-14)19(22)23)20-10-9-13-12-21-17-6-4-3-5-15(13)17/h3-8,11-12,20-21H,2,9-10H2,1H3,(H,22,23). The molecule has 0 aliphatic carbocycles. The topological polar surface area (TPSA) is 65.1 Å². The molecule has 2 aromatic carbocycles. The van der Waals surface area contributed by atoms with Crippen LogP contribution in [0.1, 0.15) is 22.8 Å². The van der Waals surface area contributed by atoms with Crippen molar-refractivity contribution in [1.82, 2.24) is 4.98 Å². The van der Waals surface area contributed by atoms with Crippen LogP contribution in [0.15, 0.2) is 53.6 Å². The zero-order valence-corrected chi connectivity index (χ0v) is 14.3. The van der Waals surface area contributed by atoms with Crippen molar-refractivity contribution >= 4 is 34.3 Å². The van der Waals surface area contributed by atoms with Crippen LogP contribution >= 0.6 is 11.8 Å². The van der Waals surface area contributed by atoms with Crippen LogP contribution in [0.3, 0.4) is 0 Å². The lowest BCUT2D eigenvalue weighted by atomic mass is 10.1. The molecule has 0 amide bonds. The summed E-state index contributed by atoms with van der Waals surface area (Å²) in [6, 6.07) is 13.8. The third-order valence-corrected chi connectivity index (χ3v) is 4.79. The SMILES string of the molecule is CCSc1ccc(NCCc2c[nH]c3ccccc23)c(C(=O)O)c1. The van der Waals surface area contributed by atoms with Crippen LogP contribution in [0.4, 0.5) is 5.69 Å². The molecule has 24 heavy (non-hydrogen) atoms. The van der Waals surface area contributed by atoms with Crippen LogP contribution in [0.5, 0.6) is 0 Å². The first-order chi connectivity index (χ1) is 11.7. The highest BCUT2D eigenvalue weighted by Gasteiger charge is 2.11. The monoisotopic (exact) mass is 340 g/mol. The summed E-state index contributed by atoms with van der Waals surface area (Å²) in [4.78, 5) is 15.7. The number of aromatic nitrogens is 1. The number of hydrogen-bond acceptors (Lipinski definition) is 3. The molecule has 0 saturated heterocycles. The summed E-state index contributed by atoms with van der Waals surface area (Å²) in [5, 5.41) is 13.9. The fourth-order valence-corrected chi connectivity index (χ4v) is 3.48. The largest absolute Gasteiger partial charge is 0.478 e. The first-order valence-corrected chi connectivity index (χ1v) is 8.96. The number of thioether (sulfide) groups is 1. The van der Waals surface area contributed by atoms with Crippen LogP contribution in [-0.2, 0) is 6.42 Å². The second-order valence-corrected chi connectivity index (χ2v) is 6.82. The molecule has 3 aromatic rings. The number of aromatic amines is 1. The summed E-state index contributed by atoms with van der Waals surface area (Å²) in [5.41, 5.74) is 3.35. The fourth-order valence-electron chi connectivity index (χ4n) is 2.78. The summed E-state index contributed by atoms with van der Waals surface area (Å²) in [7, 11) is 0. The van der Waals surface area contributed by atoms with Crippen molar-refractivity contribution in [2.24, 2.45) is 0 Å². The average Bonchev–Trinajstić information content (AvgIpc) is 2.99. The number of H-pyrrole nitrogens is 1. The van der Waals surface area contributed by atoms with Gasteiger partial charge < -0.3 is 15.4 Å².